The van der Waals surface area contributed by atoms with Gasteiger partial charge < -0.3 is 0 Å². The first-order valence-corrected chi connectivity index (χ1v) is 7.18. The van der Waals surface area contributed by atoms with Crippen molar-refractivity contribution in [2.75, 3.05) is 0 Å². The van der Waals surface area contributed by atoms with Crippen LogP contribution in [-0.2, 0) is 0 Å². The number of nitriles is 1. The van der Waals surface area contributed by atoms with Gasteiger partial charge in [-0.2, -0.15) is 9.64 Å². The van der Waals surface area contributed by atoms with Crippen LogP contribution in [0.25, 0.3) is 10.4 Å². The molecule has 3 aromatic rings. The molecule has 2 nitrogen and oxygen atoms in total. The Balaban J connectivity index is 2.01. The first-order chi connectivity index (χ1) is 10.4. The molecule has 0 aliphatic carbocycles. The Hall–Kier alpha value is -2.88. The molecular weight excluding hydrogens is 276 g/mol. The minimum Gasteiger partial charge on any atom is -0.192 e. The van der Waals surface area contributed by atoms with Crippen molar-refractivity contribution >= 4 is 11.5 Å². The van der Waals surface area contributed by atoms with Gasteiger partial charge in [-0.1, -0.05) is 54.5 Å². The molecule has 0 aliphatic heterocycles. The van der Waals surface area contributed by atoms with Gasteiger partial charge in [0.15, 0.2) is 0 Å². The van der Waals surface area contributed by atoms with Crippen LogP contribution >= 0.6 is 11.5 Å². The third kappa shape index (κ3) is 2.84. The fraction of sp³-hybridized carbons (Fsp3) is 0. The Bertz CT molecular complexity index is 847. The summed E-state index contributed by atoms with van der Waals surface area (Å²) < 4.78 is 4.32. The highest BCUT2D eigenvalue weighted by molar-refractivity contribution is 7.10. The van der Waals surface area contributed by atoms with Crippen LogP contribution in [0.5, 0.6) is 0 Å². The van der Waals surface area contributed by atoms with E-state index < -0.39 is 0 Å². The largest absolute Gasteiger partial charge is 0.192 e. The molecule has 0 radical (unpaired) electrons. The van der Waals surface area contributed by atoms with E-state index in [9.17, 15) is 5.26 Å². The molecule has 1 heterocycles. The quantitative estimate of drug-likeness (QED) is 0.632. The molecule has 98 valence electrons. The number of hydrogen-bond acceptors (Lipinski definition) is 3. The van der Waals surface area contributed by atoms with Crippen LogP contribution < -0.4 is 0 Å². The van der Waals surface area contributed by atoms with E-state index in [0.717, 1.165) is 16.0 Å². The monoisotopic (exact) mass is 286 g/mol. The van der Waals surface area contributed by atoms with Crippen molar-refractivity contribution in [3.05, 3.63) is 77.5 Å². The highest BCUT2D eigenvalue weighted by Crippen LogP contribution is 2.29. The lowest BCUT2D eigenvalue weighted by Crippen LogP contribution is -1.82. The minimum absolute atomic E-state index is 0.546. The van der Waals surface area contributed by atoms with Crippen LogP contribution in [0, 0.1) is 23.2 Å². The summed E-state index contributed by atoms with van der Waals surface area (Å²) in [7, 11) is 0. The first kappa shape index (κ1) is 13.1. The third-order valence-corrected chi connectivity index (χ3v) is 3.84. The molecule has 3 heteroatoms. The van der Waals surface area contributed by atoms with Crippen molar-refractivity contribution in [2.24, 2.45) is 0 Å². The van der Waals surface area contributed by atoms with Crippen LogP contribution in [0.15, 0.2) is 60.7 Å². The maximum Gasteiger partial charge on any atom is 0.145 e. The van der Waals surface area contributed by atoms with Crippen molar-refractivity contribution < 1.29 is 0 Å². The van der Waals surface area contributed by atoms with E-state index in [2.05, 4.69) is 22.3 Å². The second kappa shape index (κ2) is 6.05. The standard InChI is InChI=1S/C18H10N2S/c19-13-16-17(12-11-14-7-3-1-4-8-14)20-21-18(16)15-9-5-2-6-10-15/h1-10H. The van der Waals surface area contributed by atoms with Gasteiger partial charge in [-0.15, -0.1) is 0 Å². The predicted octanol–water partition coefficient (Wildman–Crippen LogP) is 4.08. The zero-order valence-electron chi connectivity index (χ0n) is 11.1. The smallest absolute Gasteiger partial charge is 0.145 e. The van der Waals surface area contributed by atoms with Gasteiger partial charge in [-0.3, -0.25) is 0 Å². The summed E-state index contributed by atoms with van der Waals surface area (Å²) in [5, 5.41) is 9.40. The highest BCUT2D eigenvalue weighted by Gasteiger charge is 2.13. The van der Waals surface area contributed by atoms with Gasteiger partial charge >= 0.3 is 0 Å². The van der Waals surface area contributed by atoms with Crippen molar-refractivity contribution in [1.29, 1.82) is 5.26 Å². The maximum atomic E-state index is 9.40. The van der Waals surface area contributed by atoms with Crippen molar-refractivity contribution in [1.82, 2.24) is 4.37 Å². The van der Waals surface area contributed by atoms with Crippen molar-refractivity contribution in [3.8, 4) is 28.4 Å². The Morgan fingerprint density at radius 2 is 1.52 bits per heavy atom. The lowest BCUT2D eigenvalue weighted by Gasteiger charge is -1.95. The molecule has 0 saturated heterocycles. The average molecular weight is 286 g/mol. The second-order valence-corrected chi connectivity index (χ2v) is 5.10. The number of rotatable bonds is 1. The molecule has 0 fully saturated rings. The lowest BCUT2D eigenvalue weighted by atomic mass is 10.1. The normalized spacial score (nSPS) is 9.48. The molecule has 2 aromatic carbocycles. The van der Waals surface area contributed by atoms with E-state index in [1.165, 1.54) is 11.5 Å². The second-order valence-electron chi connectivity index (χ2n) is 4.33. The zero-order valence-corrected chi connectivity index (χ0v) is 11.9. The fourth-order valence-corrected chi connectivity index (χ4v) is 2.71. The summed E-state index contributed by atoms with van der Waals surface area (Å²) in [6, 6.07) is 21.7. The Morgan fingerprint density at radius 1 is 0.857 bits per heavy atom. The molecule has 0 amide bonds. The third-order valence-electron chi connectivity index (χ3n) is 2.94. The van der Waals surface area contributed by atoms with Crippen LogP contribution in [-0.4, -0.2) is 4.37 Å². The van der Waals surface area contributed by atoms with Crippen LogP contribution in [0.4, 0.5) is 0 Å². The number of hydrogen-bond donors (Lipinski definition) is 0. The molecule has 0 bridgehead atoms. The molecule has 0 saturated carbocycles. The average Bonchev–Trinajstić information content (AvgIpc) is 2.97. The fourth-order valence-electron chi connectivity index (χ4n) is 1.92. The molecule has 0 aliphatic rings. The summed E-state index contributed by atoms with van der Waals surface area (Å²) in [4.78, 5) is 0.871. The molecule has 0 atom stereocenters. The summed E-state index contributed by atoms with van der Waals surface area (Å²) in [6.07, 6.45) is 0. The van der Waals surface area contributed by atoms with E-state index >= 15 is 0 Å². The summed E-state index contributed by atoms with van der Waals surface area (Å²) in [6.45, 7) is 0. The number of nitrogens with zero attached hydrogens (tertiary/aromatic N) is 2. The topological polar surface area (TPSA) is 36.7 Å². The van der Waals surface area contributed by atoms with Gasteiger partial charge in [0.25, 0.3) is 0 Å². The van der Waals surface area contributed by atoms with E-state index in [1.807, 2.05) is 60.7 Å². The maximum absolute atomic E-state index is 9.40. The first-order valence-electron chi connectivity index (χ1n) is 6.41. The van der Waals surface area contributed by atoms with E-state index in [1.54, 1.807) is 0 Å². The zero-order chi connectivity index (χ0) is 14.5. The summed E-state index contributed by atoms with van der Waals surface area (Å²) in [5.74, 6) is 6.04. The molecule has 21 heavy (non-hydrogen) atoms. The van der Waals surface area contributed by atoms with Gasteiger partial charge in [0, 0.05) is 5.56 Å². The van der Waals surface area contributed by atoms with Crippen LogP contribution in [0.3, 0.4) is 0 Å². The van der Waals surface area contributed by atoms with E-state index in [-0.39, 0.29) is 0 Å². The minimum atomic E-state index is 0.546. The molecule has 3 rings (SSSR count). The summed E-state index contributed by atoms with van der Waals surface area (Å²) in [5.41, 5.74) is 3.01. The molecule has 0 N–H and O–H groups in total. The number of benzene rings is 2. The SMILES string of the molecule is N#Cc1c(C#Cc2ccccc2)nsc1-c1ccccc1. The molecular formula is C18H10N2S. The van der Waals surface area contributed by atoms with Crippen LogP contribution in [0.2, 0.25) is 0 Å². The molecule has 0 unspecified atom stereocenters. The highest BCUT2D eigenvalue weighted by atomic mass is 32.1. The lowest BCUT2D eigenvalue weighted by molar-refractivity contribution is 1.43. The molecule has 1 aromatic heterocycles. The van der Waals surface area contributed by atoms with E-state index in [4.69, 9.17) is 0 Å². The Labute approximate surface area is 127 Å². The summed E-state index contributed by atoms with van der Waals surface area (Å²) >= 11 is 1.31. The van der Waals surface area contributed by atoms with Crippen molar-refractivity contribution in [3.63, 3.8) is 0 Å². The van der Waals surface area contributed by atoms with Gasteiger partial charge in [0.1, 0.15) is 17.3 Å². The van der Waals surface area contributed by atoms with E-state index in [0.29, 0.717) is 11.3 Å². The van der Waals surface area contributed by atoms with Crippen LogP contribution in [0.1, 0.15) is 16.8 Å². The van der Waals surface area contributed by atoms with Crippen molar-refractivity contribution in [2.45, 2.75) is 0 Å². The van der Waals surface area contributed by atoms with Gasteiger partial charge in [0.05, 0.1) is 4.88 Å². The Morgan fingerprint density at radius 3 is 2.19 bits per heavy atom. The van der Waals surface area contributed by atoms with Gasteiger partial charge in [-0.05, 0) is 35.1 Å². The Kier molecular flexibility index (Phi) is 3.78. The number of aromatic nitrogens is 1. The predicted molar refractivity (Wildman–Crippen MR) is 84.7 cm³/mol. The van der Waals surface area contributed by atoms with Gasteiger partial charge in [0.2, 0.25) is 0 Å². The van der Waals surface area contributed by atoms with Gasteiger partial charge in [-0.25, -0.2) is 0 Å². The molecule has 0 spiro atoms.